The fraction of sp³-hybridized carbons (Fsp3) is 0.400. The number of carbonyl (C=O) groups excluding carboxylic acids is 3. The Morgan fingerprint density at radius 1 is 1.06 bits per heavy atom. The summed E-state index contributed by atoms with van der Waals surface area (Å²) in [6.45, 7) is 4.56. The molecule has 1 aliphatic carbocycles. The molecule has 36 heavy (non-hydrogen) atoms. The van der Waals surface area contributed by atoms with Gasteiger partial charge >= 0.3 is 5.97 Å². The van der Waals surface area contributed by atoms with Crippen molar-refractivity contribution in [2.24, 2.45) is 0 Å². The lowest BCUT2D eigenvalue weighted by molar-refractivity contribution is -0.116. The van der Waals surface area contributed by atoms with Crippen molar-refractivity contribution in [3.05, 3.63) is 52.2 Å². The minimum atomic E-state index is -0.385. The third-order valence-electron chi connectivity index (χ3n) is 5.72. The maximum Gasteiger partial charge on any atom is 0.341 e. The second-order valence-corrected chi connectivity index (χ2v) is 10.3. The van der Waals surface area contributed by atoms with Gasteiger partial charge in [-0.2, -0.15) is 0 Å². The topological polar surface area (TPSA) is 115 Å². The van der Waals surface area contributed by atoms with E-state index in [0.717, 1.165) is 36.1 Å². The Labute approximate surface area is 218 Å². The van der Waals surface area contributed by atoms with Crippen molar-refractivity contribution in [2.45, 2.75) is 57.7 Å². The van der Waals surface area contributed by atoms with Crippen LogP contribution in [0.25, 0.3) is 0 Å². The van der Waals surface area contributed by atoms with Crippen molar-refractivity contribution in [1.82, 2.24) is 14.8 Å². The standard InChI is InChI=1S/C25H29N5O4S2/c1-3-30-19(14-20(31)26-16-10-6-5-7-11-16)28-29-25(30)35-15-21(32)27-23-22(24(33)34-4-2)17-12-8-9-13-18(17)36-23/h5-7,10-11H,3-4,8-9,12-15H2,1-2H3,(H,26,31)(H,27,32). The van der Waals surface area contributed by atoms with Crippen molar-refractivity contribution < 1.29 is 19.1 Å². The molecule has 11 heteroatoms. The van der Waals surface area contributed by atoms with Gasteiger partial charge in [-0.3, -0.25) is 9.59 Å². The average Bonchev–Trinajstić information content (AvgIpc) is 3.43. The number of nitrogens with zero attached hydrogens (tertiary/aromatic N) is 3. The van der Waals surface area contributed by atoms with Crippen LogP contribution in [0.3, 0.4) is 0 Å². The molecule has 2 aromatic heterocycles. The summed E-state index contributed by atoms with van der Waals surface area (Å²) in [4.78, 5) is 39.0. The SMILES string of the molecule is CCOC(=O)c1c(NC(=O)CSc2nnc(CC(=O)Nc3ccccc3)n2CC)sc2c1CCCC2. The van der Waals surface area contributed by atoms with Gasteiger partial charge in [0.15, 0.2) is 5.16 Å². The first-order valence-electron chi connectivity index (χ1n) is 12.0. The lowest BCUT2D eigenvalue weighted by Gasteiger charge is -2.12. The quantitative estimate of drug-likeness (QED) is 0.298. The first kappa shape index (κ1) is 25.9. The minimum Gasteiger partial charge on any atom is -0.462 e. The number of esters is 1. The largest absolute Gasteiger partial charge is 0.462 e. The molecule has 0 bridgehead atoms. The molecular formula is C25H29N5O4S2. The Morgan fingerprint density at radius 3 is 2.58 bits per heavy atom. The molecule has 0 atom stereocenters. The maximum absolute atomic E-state index is 12.8. The summed E-state index contributed by atoms with van der Waals surface area (Å²) in [6, 6.07) is 9.23. The smallest absolute Gasteiger partial charge is 0.341 e. The third kappa shape index (κ3) is 6.14. The van der Waals surface area contributed by atoms with E-state index >= 15 is 0 Å². The molecule has 1 aliphatic rings. The molecule has 0 saturated carbocycles. The monoisotopic (exact) mass is 527 g/mol. The second kappa shape index (κ2) is 12.2. The van der Waals surface area contributed by atoms with E-state index in [-0.39, 0.29) is 36.6 Å². The van der Waals surface area contributed by atoms with Crippen LogP contribution in [-0.2, 0) is 40.1 Å². The number of thioether (sulfide) groups is 1. The van der Waals surface area contributed by atoms with E-state index in [1.165, 1.54) is 23.1 Å². The highest BCUT2D eigenvalue weighted by atomic mass is 32.2. The predicted octanol–water partition coefficient (Wildman–Crippen LogP) is 4.33. The number of thiophene rings is 1. The summed E-state index contributed by atoms with van der Waals surface area (Å²) >= 11 is 2.71. The number of anilines is 2. The first-order valence-corrected chi connectivity index (χ1v) is 13.8. The zero-order chi connectivity index (χ0) is 25.5. The molecule has 4 rings (SSSR count). The van der Waals surface area contributed by atoms with E-state index in [9.17, 15) is 14.4 Å². The van der Waals surface area contributed by atoms with Crippen molar-refractivity contribution >= 4 is 51.6 Å². The molecule has 0 radical (unpaired) electrons. The van der Waals surface area contributed by atoms with Crippen LogP contribution < -0.4 is 10.6 Å². The number of amides is 2. The second-order valence-electron chi connectivity index (χ2n) is 8.21. The van der Waals surface area contributed by atoms with Crippen molar-refractivity contribution in [3.8, 4) is 0 Å². The van der Waals surface area contributed by atoms with E-state index in [0.29, 0.717) is 33.8 Å². The molecule has 0 fully saturated rings. The number of hydrogen-bond acceptors (Lipinski definition) is 8. The third-order valence-corrected chi connectivity index (χ3v) is 7.90. The van der Waals surface area contributed by atoms with Crippen LogP contribution in [0.2, 0.25) is 0 Å². The number of benzene rings is 1. The number of para-hydroxylation sites is 1. The van der Waals surface area contributed by atoms with Crippen molar-refractivity contribution in [3.63, 3.8) is 0 Å². The average molecular weight is 528 g/mol. The van der Waals surface area contributed by atoms with E-state index in [1.54, 1.807) is 6.92 Å². The molecule has 2 N–H and O–H groups in total. The van der Waals surface area contributed by atoms with Crippen LogP contribution in [0.4, 0.5) is 10.7 Å². The summed E-state index contributed by atoms with van der Waals surface area (Å²) < 4.78 is 7.09. The predicted molar refractivity (Wildman–Crippen MR) is 141 cm³/mol. The summed E-state index contributed by atoms with van der Waals surface area (Å²) in [5, 5.41) is 15.2. The number of aryl methyl sites for hydroxylation is 1. The number of nitrogens with one attached hydrogen (secondary N) is 2. The number of ether oxygens (including phenoxy) is 1. The van der Waals surface area contributed by atoms with Gasteiger partial charge in [-0.25, -0.2) is 4.79 Å². The van der Waals surface area contributed by atoms with Gasteiger partial charge < -0.3 is 19.9 Å². The molecular weight excluding hydrogens is 498 g/mol. The number of rotatable bonds is 10. The Balaban J connectivity index is 1.39. The number of hydrogen-bond donors (Lipinski definition) is 2. The Morgan fingerprint density at radius 2 is 1.83 bits per heavy atom. The molecule has 0 spiro atoms. The zero-order valence-electron chi connectivity index (χ0n) is 20.3. The Hall–Kier alpha value is -3.18. The first-order chi connectivity index (χ1) is 17.5. The molecule has 0 saturated heterocycles. The summed E-state index contributed by atoms with van der Waals surface area (Å²) in [5.41, 5.74) is 2.23. The maximum atomic E-state index is 12.8. The highest BCUT2D eigenvalue weighted by molar-refractivity contribution is 7.99. The molecule has 2 heterocycles. The molecule has 3 aromatic rings. The van der Waals surface area contributed by atoms with Gasteiger partial charge in [-0.15, -0.1) is 21.5 Å². The Bertz CT molecular complexity index is 1240. The summed E-state index contributed by atoms with van der Waals surface area (Å²) in [6.07, 6.45) is 3.92. The van der Waals surface area contributed by atoms with Crippen LogP contribution in [0.5, 0.6) is 0 Å². The minimum absolute atomic E-state index is 0.0755. The van der Waals surface area contributed by atoms with Crippen LogP contribution >= 0.6 is 23.1 Å². The zero-order valence-corrected chi connectivity index (χ0v) is 22.0. The van der Waals surface area contributed by atoms with Gasteiger partial charge in [-0.1, -0.05) is 30.0 Å². The summed E-state index contributed by atoms with van der Waals surface area (Å²) in [7, 11) is 0. The number of aromatic nitrogens is 3. The van der Waals surface area contributed by atoms with Gasteiger partial charge in [0.2, 0.25) is 11.8 Å². The Kier molecular flexibility index (Phi) is 8.76. The van der Waals surface area contributed by atoms with Gasteiger partial charge in [0.1, 0.15) is 10.8 Å². The van der Waals surface area contributed by atoms with Gasteiger partial charge in [0.05, 0.1) is 24.3 Å². The molecule has 0 unspecified atom stereocenters. The van der Waals surface area contributed by atoms with Crippen LogP contribution in [-0.4, -0.2) is 44.9 Å². The lowest BCUT2D eigenvalue weighted by atomic mass is 9.95. The van der Waals surface area contributed by atoms with Crippen molar-refractivity contribution in [1.29, 1.82) is 0 Å². The van der Waals surface area contributed by atoms with E-state index in [1.807, 2.05) is 41.8 Å². The fourth-order valence-corrected chi connectivity index (χ4v) is 6.23. The van der Waals surface area contributed by atoms with E-state index in [4.69, 9.17) is 4.74 Å². The fourth-order valence-electron chi connectivity index (χ4n) is 4.11. The van der Waals surface area contributed by atoms with Crippen LogP contribution in [0.15, 0.2) is 35.5 Å². The summed E-state index contributed by atoms with van der Waals surface area (Å²) in [5.74, 6) is -0.184. The van der Waals surface area contributed by atoms with E-state index in [2.05, 4.69) is 20.8 Å². The van der Waals surface area contributed by atoms with Crippen LogP contribution in [0, 0.1) is 0 Å². The molecule has 1 aromatic carbocycles. The highest BCUT2D eigenvalue weighted by Gasteiger charge is 2.27. The van der Waals surface area contributed by atoms with E-state index < -0.39 is 0 Å². The molecule has 2 amide bonds. The van der Waals surface area contributed by atoms with Gasteiger partial charge in [-0.05, 0) is 57.2 Å². The highest BCUT2D eigenvalue weighted by Crippen LogP contribution is 2.38. The lowest BCUT2D eigenvalue weighted by Crippen LogP contribution is -2.18. The number of carbonyl (C=O) groups is 3. The van der Waals surface area contributed by atoms with Gasteiger partial charge in [0.25, 0.3) is 0 Å². The van der Waals surface area contributed by atoms with Crippen molar-refractivity contribution in [2.75, 3.05) is 23.0 Å². The normalized spacial score (nSPS) is 12.6. The molecule has 0 aliphatic heterocycles. The van der Waals surface area contributed by atoms with Crippen LogP contribution in [0.1, 0.15) is 53.3 Å². The number of fused-ring (bicyclic) bond motifs is 1. The molecule has 190 valence electrons. The van der Waals surface area contributed by atoms with Gasteiger partial charge in [0, 0.05) is 17.1 Å². The molecule has 9 nitrogen and oxygen atoms in total.